The van der Waals surface area contributed by atoms with Gasteiger partial charge < -0.3 is 9.26 Å². The standard InChI is InChI=1S/C20H19N3O4S/c24-28(25,23-12-14-26-15-13-23)18-9-7-17(8-10-18)20-21-19(27-22-20)11-6-16-4-2-1-3-5-16/h1-11H,12-15H2/b11-6+. The Morgan fingerprint density at radius 1 is 0.929 bits per heavy atom. The van der Waals surface area contributed by atoms with E-state index >= 15 is 0 Å². The van der Waals surface area contributed by atoms with E-state index in [1.807, 2.05) is 36.4 Å². The van der Waals surface area contributed by atoms with Crippen LogP contribution < -0.4 is 0 Å². The number of sulfonamides is 1. The summed E-state index contributed by atoms with van der Waals surface area (Å²) in [5.41, 5.74) is 1.71. The molecule has 7 nitrogen and oxygen atoms in total. The summed E-state index contributed by atoms with van der Waals surface area (Å²) < 4.78 is 37.2. The van der Waals surface area contributed by atoms with Crippen LogP contribution in [0.1, 0.15) is 11.5 Å². The molecular formula is C20H19N3O4S. The van der Waals surface area contributed by atoms with Gasteiger partial charge in [0.1, 0.15) is 0 Å². The molecular weight excluding hydrogens is 378 g/mol. The fourth-order valence-corrected chi connectivity index (χ4v) is 4.27. The van der Waals surface area contributed by atoms with Crippen molar-refractivity contribution < 1.29 is 17.7 Å². The van der Waals surface area contributed by atoms with Gasteiger partial charge in [-0.05, 0) is 35.9 Å². The fourth-order valence-electron chi connectivity index (χ4n) is 2.86. The highest BCUT2D eigenvalue weighted by atomic mass is 32.2. The molecule has 1 aliphatic heterocycles. The maximum Gasteiger partial charge on any atom is 0.250 e. The predicted molar refractivity (Wildman–Crippen MR) is 105 cm³/mol. The molecule has 2 aromatic carbocycles. The van der Waals surface area contributed by atoms with Gasteiger partial charge in [0.25, 0.3) is 5.89 Å². The molecule has 0 bridgehead atoms. The zero-order valence-electron chi connectivity index (χ0n) is 15.1. The Morgan fingerprint density at radius 2 is 1.64 bits per heavy atom. The number of hydrogen-bond donors (Lipinski definition) is 0. The Labute approximate surface area is 163 Å². The summed E-state index contributed by atoms with van der Waals surface area (Å²) in [5, 5.41) is 3.97. The van der Waals surface area contributed by atoms with E-state index in [1.54, 1.807) is 30.3 Å². The summed E-state index contributed by atoms with van der Waals surface area (Å²) in [6, 6.07) is 16.3. The van der Waals surface area contributed by atoms with E-state index < -0.39 is 10.0 Å². The zero-order valence-corrected chi connectivity index (χ0v) is 15.9. The molecule has 0 atom stereocenters. The summed E-state index contributed by atoms with van der Waals surface area (Å²) in [4.78, 5) is 4.58. The lowest BCUT2D eigenvalue weighted by Crippen LogP contribution is -2.40. The molecule has 0 saturated carbocycles. The SMILES string of the molecule is O=S(=O)(c1ccc(-c2noc(/C=C/c3ccccc3)n2)cc1)N1CCOCC1. The van der Waals surface area contributed by atoms with Crippen molar-refractivity contribution in [1.82, 2.24) is 14.4 Å². The third kappa shape index (κ3) is 4.04. The van der Waals surface area contributed by atoms with E-state index in [4.69, 9.17) is 9.26 Å². The van der Waals surface area contributed by atoms with E-state index in [2.05, 4.69) is 10.1 Å². The molecule has 1 aromatic heterocycles. The van der Waals surface area contributed by atoms with Crippen LogP contribution in [-0.4, -0.2) is 49.2 Å². The highest BCUT2D eigenvalue weighted by Crippen LogP contribution is 2.22. The van der Waals surface area contributed by atoms with Crippen LogP contribution in [0.15, 0.2) is 64.0 Å². The summed E-state index contributed by atoms with van der Waals surface area (Å²) in [7, 11) is -3.52. The summed E-state index contributed by atoms with van der Waals surface area (Å²) in [6.07, 6.45) is 3.62. The average molecular weight is 397 g/mol. The van der Waals surface area contributed by atoms with Crippen LogP contribution in [0.5, 0.6) is 0 Å². The highest BCUT2D eigenvalue weighted by Gasteiger charge is 2.26. The number of aromatic nitrogens is 2. The van der Waals surface area contributed by atoms with E-state index in [1.165, 1.54) is 4.31 Å². The largest absolute Gasteiger partial charge is 0.379 e. The molecule has 8 heteroatoms. The monoisotopic (exact) mass is 397 g/mol. The van der Waals surface area contributed by atoms with Crippen molar-refractivity contribution in [3.8, 4) is 11.4 Å². The number of ether oxygens (including phenoxy) is 1. The number of nitrogens with zero attached hydrogens (tertiary/aromatic N) is 3. The second-order valence-electron chi connectivity index (χ2n) is 6.24. The van der Waals surface area contributed by atoms with E-state index in [9.17, 15) is 8.42 Å². The van der Waals surface area contributed by atoms with Crippen molar-refractivity contribution in [2.45, 2.75) is 4.90 Å². The first-order valence-corrected chi connectivity index (χ1v) is 10.3. The fraction of sp³-hybridized carbons (Fsp3) is 0.200. The van der Waals surface area contributed by atoms with Crippen molar-refractivity contribution in [2.24, 2.45) is 0 Å². The molecule has 2 heterocycles. The molecule has 0 N–H and O–H groups in total. The molecule has 144 valence electrons. The molecule has 4 rings (SSSR count). The smallest absolute Gasteiger partial charge is 0.250 e. The predicted octanol–water partition coefficient (Wildman–Crippen LogP) is 2.93. The van der Waals surface area contributed by atoms with Crippen LogP contribution in [0, 0.1) is 0 Å². The van der Waals surface area contributed by atoms with Gasteiger partial charge in [-0.3, -0.25) is 0 Å². The lowest BCUT2D eigenvalue weighted by atomic mass is 10.2. The van der Waals surface area contributed by atoms with Crippen molar-refractivity contribution in [1.29, 1.82) is 0 Å². The Bertz CT molecular complexity index is 1050. The molecule has 0 radical (unpaired) electrons. The topological polar surface area (TPSA) is 85.5 Å². The van der Waals surface area contributed by atoms with Gasteiger partial charge in [0, 0.05) is 24.7 Å². The second kappa shape index (κ2) is 8.05. The van der Waals surface area contributed by atoms with Gasteiger partial charge in [-0.2, -0.15) is 9.29 Å². The maximum absolute atomic E-state index is 12.7. The molecule has 0 aliphatic carbocycles. The van der Waals surface area contributed by atoms with Crippen LogP contribution in [0.3, 0.4) is 0 Å². The highest BCUT2D eigenvalue weighted by molar-refractivity contribution is 7.89. The average Bonchev–Trinajstić information content (AvgIpc) is 3.23. The quantitative estimate of drug-likeness (QED) is 0.658. The number of benzene rings is 2. The van der Waals surface area contributed by atoms with Gasteiger partial charge in [-0.25, -0.2) is 8.42 Å². The summed E-state index contributed by atoms with van der Waals surface area (Å²) >= 11 is 0. The number of morpholine rings is 1. The normalized spacial score (nSPS) is 15.9. The Kier molecular flexibility index (Phi) is 5.34. The van der Waals surface area contributed by atoms with Gasteiger partial charge in [0.05, 0.1) is 18.1 Å². The molecule has 0 amide bonds. The maximum atomic E-state index is 12.7. The first-order chi connectivity index (χ1) is 13.6. The molecule has 0 spiro atoms. The van der Waals surface area contributed by atoms with E-state index in [0.717, 1.165) is 5.56 Å². The summed E-state index contributed by atoms with van der Waals surface area (Å²) in [6.45, 7) is 1.57. The third-order valence-electron chi connectivity index (χ3n) is 4.38. The van der Waals surface area contributed by atoms with Gasteiger partial charge in [0.2, 0.25) is 15.8 Å². The first kappa shape index (κ1) is 18.5. The Balaban J connectivity index is 1.50. The van der Waals surface area contributed by atoms with Gasteiger partial charge >= 0.3 is 0 Å². The third-order valence-corrected chi connectivity index (χ3v) is 6.29. The minimum Gasteiger partial charge on any atom is -0.379 e. The van der Waals surface area contributed by atoms with Crippen LogP contribution in [0.2, 0.25) is 0 Å². The zero-order chi connectivity index (χ0) is 19.4. The van der Waals surface area contributed by atoms with E-state index in [-0.39, 0.29) is 4.90 Å². The lowest BCUT2D eigenvalue weighted by molar-refractivity contribution is 0.0730. The van der Waals surface area contributed by atoms with Gasteiger partial charge in [0.15, 0.2) is 0 Å². The van der Waals surface area contributed by atoms with Crippen LogP contribution in [0.4, 0.5) is 0 Å². The van der Waals surface area contributed by atoms with Crippen LogP contribution >= 0.6 is 0 Å². The minimum absolute atomic E-state index is 0.242. The molecule has 0 unspecified atom stereocenters. The molecule has 3 aromatic rings. The Morgan fingerprint density at radius 3 is 2.36 bits per heavy atom. The van der Waals surface area contributed by atoms with Crippen LogP contribution in [0.25, 0.3) is 23.5 Å². The van der Waals surface area contributed by atoms with E-state index in [0.29, 0.717) is 43.6 Å². The van der Waals surface area contributed by atoms with Gasteiger partial charge in [-0.15, -0.1) is 0 Å². The van der Waals surface area contributed by atoms with Crippen molar-refractivity contribution in [3.05, 3.63) is 66.1 Å². The number of rotatable bonds is 5. The van der Waals surface area contributed by atoms with Crippen molar-refractivity contribution in [3.63, 3.8) is 0 Å². The summed E-state index contributed by atoms with van der Waals surface area (Å²) in [5.74, 6) is 0.784. The molecule has 1 aliphatic rings. The molecule has 28 heavy (non-hydrogen) atoms. The number of hydrogen-bond acceptors (Lipinski definition) is 6. The lowest BCUT2D eigenvalue weighted by Gasteiger charge is -2.26. The second-order valence-corrected chi connectivity index (χ2v) is 8.18. The van der Waals surface area contributed by atoms with Crippen molar-refractivity contribution in [2.75, 3.05) is 26.3 Å². The molecule has 1 fully saturated rings. The Hall–Kier alpha value is -2.81. The van der Waals surface area contributed by atoms with Crippen LogP contribution in [-0.2, 0) is 14.8 Å². The molecule has 1 saturated heterocycles. The minimum atomic E-state index is -3.52. The first-order valence-electron chi connectivity index (χ1n) is 8.88. The van der Waals surface area contributed by atoms with Crippen molar-refractivity contribution >= 4 is 22.2 Å². The van der Waals surface area contributed by atoms with Gasteiger partial charge in [-0.1, -0.05) is 35.5 Å².